The highest BCUT2D eigenvalue weighted by molar-refractivity contribution is 6.67. The minimum atomic E-state index is -1.41. The summed E-state index contributed by atoms with van der Waals surface area (Å²) in [6.45, 7) is 1.83. The molecular formula is C7H9Cl3O2. The molecule has 0 rings (SSSR count). The van der Waals surface area contributed by atoms with Gasteiger partial charge in [0.05, 0.1) is 6.61 Å². The van der Waals surface area contributed by atoms with Crippen LogP contribution in [0.15, 0.2) is 0 Å². The Morgan fingerprint density at radius 3 is 2.42 bits per heavy atom. The summed E-state index contributed by atoms with van der Waals surface area (Å²) in [5.41, 5.74) is 0. The molecule has 70 valence electrons. The van der Waals surface area contributed by atoms with Crippen molar-refractivity contribution in [3.05, 3.63) is 0 Å². The van der Waals surface area contributed by atoms with Crippen LogP contribution in [0.25, 0.3) is 0 Å². The number of alkyl halides is 3. The van der Waals surface area contributed by atoms with Gasteiger partial charge in [-0.25, -0.2) is 0 Å². The van der Waals surface area contributed by atoms with Crippen molar-refractivity contribution in [2.24, 2.45) is 0 Å². The van der Waals surface area contributed by atoms with Crippen molar-refractivity contribution in [1.82, 2.24) is 0 Å². The Morgan fingerprint density at radius 2 is 2.00 bits per heavy atom. The Labute approximate surface area is 87.1 Å². The minimum Gasteiger partial charge on any atom is -0.348 e. The minimum absolute atomic E-state index is 0.0244. The van der Waals surface area contributed by atoms with Crippen molar-refractivity contribution < 1.29 is 9.47 Å². The third-order valence-electron chi connectivity index (χ3n) is 0.883. The average Bonchev–Trinajstić information content (AvgIpc) is 1.95. The predicted octanol–water partition coefficient (Wildman–Crippen LogP) is 2.37. The van der Waals surface area contributed by atoms with Crippen molar-refractivity contribution in [3.63, 3.8) is 0 Å². The van der Waals surface area contributed by atoms with E-state index in [4.69, 9.17) is 50.7 Å². The molecule has 12 heavy (non-hydrogen) atoms. The van der Waals surface area contributed by atoms with Crippen molar-refractivity contribution >= 4 is 34.8 Å². The average molecular weight is 232 g/mol. The number of terminal acetylenes is 1. The molecule has 0 aromatic carbocycles. The summed E-state index contributed by atoms with van der Waals surface area (Å²) < 4.78 is 8.54. The molecule has 0 heterocycles. The largest absolute Gasteiger partial charge is 0.348 e. The van der Waals surface area contributed by atoms with Crippen molar-refractivity contribution in [1.29, 1.82) is 0 Å². The molecule has 0 radical (unpaired) electrons. The lowest BCUT2D eigenvalue weighted by Gasteiger charge is -2.16. The lowest BCUT2D eigenvalue weighted by molar-refractivity contribution is -0.119. The fourth-order valence-electron chi connectivity index (χ4n) is 0.425. The Kier molecular flexibility index (Phi) is 6.08. The molecule has 0 aromatic heterocycles. The smallest absolute Gasteiger partial charge is 0.213 e. The first-order chi connectivity index (χ1) is 5.45. The molecule has 0 aliphatic heterocycles. The van der Waals surface area contributed by atoms with Gasteiger partial charge in [0.25, 0.3) is 0 Å². The summed E-state index contributed by atoms with van der Waals surface area (Å²) in [5.74, 6) is 2.29. The highest BCUT2D eigenvalue weighted by Crippen LogP contribution is 2.26. The first-order valence-electron chi connectivity index (χ1n) is 3.19. The third kappa shape index (κ3) is 8.45. The number of halogens is 3. The summed E-state index contributed by atoms with van der Waals surface area (Å²) in [5, 5.41) is 0. The molecule has 0 N–H and O–H groups in total. The molecule has 0 saturated carbocycles. The van der Waals surface area contributed by atoms with E-state index in [1.54, 1.807) is 6.92 Å². The Hall–Kier alpha value is 0.350. The molecule has 2 nitrogen and oxygen atoms in total. The van der Waals surface area contributed by atoms with Gasteiger partial charge in [-0.15, -0.1) is 6.42 Å². The first-order valence-corrected chi connectivity index (χ1v) is 4.32. The van der Waals surface area contributed by atoms with Gasteiger partial charge in [-0.1, -0.05) is 40.7 Å². The predicted molar refractivity (Wildman–Crippen MR) is 50.5 cm³/mol. The van der Waals surface area contributed by atoms with Gasteiger partial charge in [0.15, 0.2) is 6.29 Å². The summed E-state index contributed by atoms with van der Waals surface area (Å²) in [4.78, 5) is 0. The van der Waals surface area contributed by atoms with Crippen LogP contribution in [0.4, 0.5) is 0 Å². The molecule has 0 aliphatic carbocycles. The van der Waals surface area contributed by atoms with Crippen LogP contribution >= 0.6 is 34.8 Å². The summed E-state index contributed by atoms with van der Waals surface area (Å²) in [7, 11) is 0. The molecule has 0 spiro atoms. The van der Waals surface area contributed by atoms with Crippen LogP contribution in [0.2, 0.25) is 0 Å². The van der Waals surface area contributed by atoms with E-state index in [9.17, 15) is 0 Å². The number of ether oxygens (including phenoxy) is 2. The highest BCUT2D eigenvalue weighted by Gasteiger charge is 2.21. The van der Waals surface area contributed by atoms with Crippen LogP contribution in [-0.4, -0.2) is 23.3 Å². The molecule has 5 heteroatoms. The first kappa shape index (κ1) is 12.3. The quantitative estimate of drug-likeness (QED) is 0.420. The zero-order valence-corrected chi connectivity index (χ0v) is 8.79. The number of rotatable bonds is 4. The maximum absolute atomic E-state index is 5.42. The lowest BCUT2D eigenvalue weighted by Crippen LogP contribution is -2.21. The van der Waals surface area contributed by atoms with Gasteiger partial charge < -0.3 is 9.47 Å². The maximum Gasteiger partial charge on any atom is 0.213 e. The van der Waals surface area contributed by atoms with Crippen LogP contribution in [0.1, 0.15) is 6.92 Å². The molecule has 1 unspecified atom stereocenters. The molecule has 0 aliphatic rings. The van der Waals surface area contributed by atoms with Crippen LogP contribution in [-0.2, 0) is 9.47 Å². The second-order valence-corrected chi connectivity index (χ2v) is 4.53. The molecule has 0 bridgehead atoms. The van der Waals surface area contributed by atoms with Gasteiger partial charge >= 0.3 is 0 Å². The number of hydrogen-bond donors (Lipinski definition) is 0. The van der Waals surface area contributed by atoms with E-state index in [1.807, 2.05) is 0 Å². The normalized spacial score (nSPS) is 13.9. The van der Waals surface area contributed by atoms with E-state index in [0.29, 0.717) is 0 Å². The lowest BCUT2D eigenvalue weighted by atomic mass is 10.7. The van der Waals surface area contributed by atoms with E-state index < -0.39 is 10.1 Å². The van der Waals surface area contributed by atoms with Crippen molar-refractivity contribution in [3.8, 4) is 12.3 Å². The monoisotopic (exact) mass is 230 g/mol. The molecule has 0 aromatic rings. The molecular weight excluding hydrogens is 222 g/mol. The molecule has 0 saturated heterocycles. The van der Waals surface area contributed by atoms with Gasteiger partial charge in [0.1, 0.15) is 6.61 Å². The molecule has 0 amide bonds. The topological polar surface area (TPSA) is 18.5 Å². The van der Waals surface area contributed by atoms with E-state index in [2.05, 4.69) is 5.92 Å². The zero-order valence-electron chi connectivity index (χ0n) is 6.52. The van der Waals surface area contributed by atoms with Crippen molar-refractivity contribution in [2.45, 2.75) is 17.0 Å². The van der Waals surface area contributed by atoms with Gasteiger partial charge in [0, 0.05) is 0 Å². The Morgan fingerprint density at radius 1 is 1.42 bits per heavy atom. The fraction of sp³-hybridized carbons (Fsp3) is 0.714. The van der Waals surface area contributed by atoms with Gasteiger partial charge in [-0.3, -0.25) is 0 Å². The second-order valence-electron chi connectivity index (χ2n) is 2.01. The van der Waals surface area contributed by atoms with Gasteiger partial charge in [0.2, 0.25) is 3.79 Å². The Bertz CT molecular complexity index is 159. The van der Waals surface area contributed by atoms with E-state index in [0.717, 1.165) is 0 Å². The third-order valence-corrected chi connectivity index (χ3v) is 1.21. The summed E-state index contributed by atoms with van der Waals surface area (Å²) >= 11 is 16.3. The van der Waals surface area contributed by atoms with Gasteiger partial charge in [-0.2, -0.15) is 0 Å². The van der Waals surface area contributed by atoms with Crippen LogP contribution < -0.4 is 0 Å². The number of hydrogen-bond acceptors (Lipinski definition) is 2. The molecule has 0 fully saturated rings. The molecule has 1 atom stereocenters. The highest BCUT2D eigenvalue weighted by atomic mass is 35.6. The van der Waals surface area contributed by atoms with Gasteiger partial charge in [-0.05, 0) is 6.92 Å². The maximum atomic E-state index is 5.42. The van der Waals surface area contributed by atoms with Crippen molar-refractivity contribution in [2.75, 3.05) is 13.2 Å². The summed E-state index contributed by atoms with van der Waals surface area (Å²) in [6.07, 6.45) is 4.49. The zero-order chi connectivity index (χ0) is 9.61. The van der Waals surface area contributed by atoms with E-state index in [-0.39, 0.29) is 13.2 Å². The van der Waals surface area contributed by atoms with Crippen LogP contribution in [0.5, 0.6) is 0 Å². The van der Waals surface area contributed by atoms with Crippen LogP contribution in [0, 0.1) is 12.3 Å². The second kappa shape index (κ2) is 5.90. The summed E-state index contributed by atoms with van der Waals surface area (Å²) in [6, 6.07) is 0. The van der Waals surface area contributed by atoms with E-state index in [1.165, 1.54) is 0 Å². The standard InChI is InChI=1S/C7H9Cl3O2/c1-3-4-11-6(2)12-5-7(8,9)10/h1,6H,4-5H2,2H3. The Balaban J connectivity index is 3.45. The SMILES string of the molecule is C#CCOC(C)OCC(Cl)(Cl)Cl. The van der Waals surface area contributed by atoms with Crippen LogP contribution in [0.3, 0.4) is 0 Å². The van der Waals surface area contributed by atoms with E-state index >= 15 is 0 Å². The fourth-order valence-corrected chi connectivity index (χ4v) is 0.614.